The lowest BCUT2D eigenvalue weighted by molar-refractivity contribution is -0.155. The molecule has 2 amide bonds. The van der Waals surface area contributed by atoms with E-state index in [1.165, 1.54) is 4.90 Å². The molecule has 2 bridgehead atoms. The molecule has 7 atom stereocenters. The standard InChI is InChI=1S/C22H26BrClN2O6/c1-3-11(10-27)26-18(19(28)25-14-8-6-5-7-13(14)24)22-9-12(23)17(32-22)15(16(22)20(26)29)21(30)31-4-2/h5-8,11-12,15-18,27H,3-4,9-10H2,1-2H3,(H,25,28)/t11-,12?,15-,16-,17-,18?,22?/m0/s1. The van der Waals surface area contributed by atoms with E-state index >= 15 is 0 Å². The van der Waals surface area contributed by atoms with Gasteiger partial charge in [0, 0.05) is 4.83 Å². The molecule has 3 aliphatic heterocycles. The number of aliphatic hydroxyl groups excluding tert-OH is 1. The predicted octanol–water partition coefficient (Wildman–Crippen LogP) is 2.36. The molecule has 8 nitrogen and oxygen atoms in total. The van der Waals surface area contributed by atoms with E-state index < -0.39 is 47.5 Å². The normalized spacial score (nSPS) is 33.8. The van der Waals surface area contributed by atoms with E-state index in [1.54, 1.807) is 31.2 Å². The minimum atomic E-state index is -1.21. The molecule has 1 spiro atoms. The highest BCUT2D eigenvalue weighted by atomic mass is 79.9. The molecule has 3 saturated heterocycles. The van der Waals surface area contributed by atoms with Gasteiger partial charge in [-0.25, -0.2) is 0 Å². The predicted molar refractivity (Wildman–Crippen MR) is 120 cm³/mol. The van der Waals surface area contributed by atoms with Crippen LogP contribution in [0.15, 0.2) is 24.3 Å². The van der Waals surface area contributed by atoms with Crippen molar-refractivity contribution in [1.29, 1.82) is 0 Å². The van der Waals surface area contributed by atoms with Gasteiger partial charge in [0.1, 0.15) is 11.6 Å². The second-order valence-corrected chi connectivity index (χ2v) is 9.96. The molecule has 0 radical (unpaired) electrons. The summed E-state index contributed by atoms with van der Waals surface area (Å²) in [6.45, 7) is 3.40. The average Bonchev–Trinajstić information content (AvgIpc) is 3.35. The van der Waals surface area contributed by atoms with Gasteiger partial charge in [-0.15, -0.1) is 0 Å². The van der Waals surface area contributed by atoms with Crippen molar-refractivity contribution in [3.05, 3.63) is 29.3 Å². The summed E-state index contributed by atoms with van der Waals surface area (Å²) in [6, 6.07) is 5.19. The molecule has 10 heteroatoms. The molecule has 0 aliphatic carbocycles. The lowest BCUT2D eigenvalue weighted by Crippen LogP contribution is -2.56. The van der Waals surface area contributed by atoms with Crippen molar-refractivity contribution >= 4 is 51.0 Å². The van der Waals surface area contributed by atoms with Crippen LogP contribution in [0.25, 0.3) is 0 Å². The van der Waals surface area contributed by atoms with Gasteiger partial charge in [-0.2, -0.15) is 0 Å². The lowest BCUT2D eigenvalue weighted by Gasteiger charge is -2.36. The van der Waals surface area contributed by atoms with E-state index in [0.29, 0.717) is 23.6 Å². The number of anilines is 1. The van der Waals surface area contributed by atoms with Gasteiger partial charge >= 0.3 is 5.97 Å². The first-order chi connectivity index (χ1) is 15.3. The molecule has 4 rings (SSSR count). The number of amides is 2. The zero-order chi connectivity index (χ0) is 23.2. The van der Waals surface area contributed by atoms with Gasteiger partial charge in [-0.1, -0.05) is 46.6 Å². The minimum Gasteiger partial charge on any atom is -0.466 e. The number of para-hydroxylation sites is 1. The number of nitrogens with zero attached hydrogens (tertiary/aromatic N) is 1. The Labute approximate surface area is 199 Å². The summed E-state index contributed by atoms with van der Waals surface area (Å²) < 4.78 is 11.6. The van der Waals surface area contributed by atoms with Crippen molar-refractivity contribution in [3.63, 3.8) is 0 Å². The first kappa shape index (κ1) is 23.5. The molecular weight excluding hydrogens is 504 g/mol. The van der Waals surface area contributed by atoms with Crippen LogP contribution in [0.3, 0.4) is 0 Å². The van der Waals surface area contributed by atoms with E-state index in [4.69, 9.17) is 21.1 Å². The van der Waals surface area contributed by atoms with Crippen LogP contribution in [0.2, 0.25) is 5.02 Å². The van der Waals surface area contributed by atoms with Gasteiger partial charge in [-0.3, -0.25) is 14.4 Å². The molecule has 3 unspecified atom stereocenters. The number of carbonyl (C=O) groups is 3. The summed E-state index contributed by atoms with van der Waals surface area (Å²) in [4.78, 5) is 41.4. The van der Waals surface area contributed by atoms with Gasteiger partial charge in [-0.05, 0) is 31.9 Å². The van der Waals surface area contributed by atoms with Crippen molar-refractivity contribution in [1.82, 2.24) is 4.90 Å². The van der Waals surface area contributed by atoms with Crippen molar-refractivity contribution in [3.8, 4) is 0 Å². The van der Waals surface area contributed by atoms with Crippen LogP contribution in [-0.4, -0.2) is 69.6 Å². The number of rotatable bonds is 7. The molecule has 1 aromatic carbocycles. The number of ether oxygens (including phenoxy) is 2. The Balaban J connectivity index is 1.77. The largest absolute Gasteiger partial charge is 0.466 e. The SMILES string of the molecule is CCOC(=O)[C@H]1[C@H]2C(=O)N([C@@H](CC)CO)C(C(=O)Nc3ccccc3Cl)C23CC(Br)[C@@H]1O3. The Morgan fingerprint density at radius 1 is 1.41 bits per heavy atom. The van der Waals surface area contributed by atoms with Crippen molar-refractivity contribution in [2.75, 3.05) is 18.5 Å². The highest BCUT2D eigenvalue weighted by Gasteiger charge is 2.77. The Hall–Kier alpha value is -1.68. The van der Waals surface area contributed by atoms with Gasteiger partial charge in [0.2, 0.25) is 11.8 Å². The molecule has 0 saturated carbocycles. The molecule has 1 aromatic rings. The summed E-state index contributed by atoms with van der Waals surface area (Å²) in [7, 11) is 0. The number of hydrogen-bond donors (Lipinski definition) is 2. The summed E-state index contributed by atoms with van der Waals surface area (Å²) in [5.41, 5.74) is -0.797. The smallest absolute Gasteiger partial charge is 0.312 e. The third-order valence-electron chi connectivity index (χ3n) is 6.74. The maximum absolute atomic E-state index is 13.7. The number of esters is 1. The maximum Gasteiger partial charge on any atom is 0.312 e. The summed E-state index contributed by atoms with van der Waals surface area (Å²) in [5.74, 6) is -3.03. The minimum absolute atomic E-state index is 0.178. The van der Waals surface area contributed by atoms with Crippen LogP contribution in [0, 0.1) is 11.8 Å². The number of likely N-dealkylation sites (tertiary alicyclic amines) is 1. The van der Waals surface area contributed by atoms with Crippen LogP contribution < -0.4 is 5.32 Å². The fraction of sp³-hybridized carbons (Fsp3) is 0.591. The van der Waals surface area contributed by atoms with Crippen molar-refractivity contribution < 1.29 is 29.0 Å². The zero-order valence-electron chi connectivity index (χ0n) is 17.8. The summed E-state index contributed by atoms with van der Waals surface area (Å²) >= 11 is 9.82. The van der Waals surface area contributed by atoms with Crippen molar-refractivity contribution in [2.24, 2.45) is 11.8 Å². The highest BCUT2D eigenvalue weighted by molar-refractivity contribution is 9.09. The average molecular weight is 530 g/mol. The molecular formula is C22H26BrClN2O6. The van der Waals surface area contributed by atoms with Crippen molar-refractivity contribution in [2.45, 2.75) is 55.3 Å². The molecule has 3 heterocycles. The van der Waals surface area contributed by atoms with Crippen LogP contribution in [0.5, 0.6) is 0 Å². The van der Waals surface area contributed by atoms with E-state index in [2.05, 4.69) is 21.2 Å². The topological polar surface area (TPSA) is 105 Å². The first-order valence-electron chi connectivity index (χ1n) is 10.8. The van der Waals surface area contributed by atoms with Crippen LogP contribution in [0.1, 0.15) is 26.7 Å². The molecule has 3 fully saturated rings. The van der Waals surface area contributed by atoms with E-state index in [-0.39, 0.29) is 23.9 Å². The molecule has 174 valence electrons. The third kappa shape index (κ3) is 3.45. The third-order valence-corrected chi connectivity index (χ3v) is 7.92. The highest BCUT2D eigenvalue weighted by Crippen LogP contribution is 2.60. The van der Waals surface area contributed by atoms with Crippen LogP contribution >= 0.6 is 27.5 Å². The Bertz CT molecular complexity index is 927. The van der Waals surface area contributed by atoms with Gasteiger partial charge in [0.25, 0.3) is 0 Å². The van der Waals surface area contributed by atoms with Gasteiger partial charge in [0.15, 0.2) is 0 Å². The van der Waals surface area contributed by atoms with E-state index in [9.17, 15) is 19.5 Å². The number of benzene rings is 1. The number of aliphatic hydroxyl groups is 1. The van der Waals surface area contributed by atoms with Crippen LogP contribution in [0.4, 0.5) is 5.69 Å². The first-order valence-corrected chi connectivity index (χ1v) is 12.1. The summed E-state index contributed by atoms with van der Waals surface area (Å²) in [6.07, 6.45) is 0.240. The monoisotopic (exact) mass is 528 g/mol. The number of nitrogens with one attached hydrogen (secondary N) is 1. The molecule has 32 heavy (non-hydrogen) atoms. The molecule has 3 aliphatic rings. The Kier molecular flexibility index (Phi) is 6.55. The number of hydrogen-bond acceptors (Lipinski definition) is 6. The maximum atomic E-state index is 13.7. The van der Waals surface area contributed by atoms with Crippen LogP contribution in [-0.2, 0) is 23.9 Å². The number of carbonyl (C=O) groups excluding carboxylic acids is 3. The number of halogens is 2. The number of fused-ring (bicyclic) bond motifs is 1. The lowest BCUT2D eigenvalue weighted by atomic mass is 9.70. The Morgan fingerprint density at radius 3 is 2.75 bits per heavy atom. The molecule has 2 N–H and O–H groups in total. The number of alkyl halides is 1. The molecule has 0 aromatic heterocycles. The van der Waals surface area contributed by atoms with Gasteiger partial charge < -0.3 is 24.8 Å². The Morgan fingerprint density at radius 2 is 2.12 bits per heavy atom. The quantitative estimate of drug-likeness (QED) is 0.415. The second kappa shape index (κ2) is 8.93. The fourth-order valence-electron chi connectivity index (χ4n) is 5.45. The second-order valence-electron chi connectivity index (χ2n) is 8.37. The fourth-order valence-corrected chi connectivity index (χ4v) is 6.57. The van der Waals surface area contributed by atoms with E-state index in [1.807, 2.05) is 6.92 Å². The zero-order valence-corrected chi connectivity index (χ0v) is 20.1. The van der Waals surface area contributed by atoms with E-state index in [0.717, 1.165) is 0 Å². The summed E-state index contributed by atoms with van der Waals surface area (Å²) in [5, 5.41) is 13.2. The van der Waals surface area contributed by atoms with Gasteiger partial charge in [0.05, 0.1) is 47.9 Å².